The molecule has 3 aromatic carbocycles. The van der Waals surface area contributed by atoms with Crippen molar-refractivity contribution >= 4 is 33.3 Å². The van der Waals surface area contributed by atoms with Crippen LogP contribution < -0.4 is 16.0 Å². The molecule has 9 heteroatoms. The average molecular weight is 453 g/mol. The van der Waals surface area contributed by atoms with Crippen molar-refractivity contribution in [3.8, 4) is 0 Å². The Hall–Kier alpha value is -3.69. The molecule has 3 amide bonds. The Labute approximate surface area is 187 Å². The molecule has 3 aromatic rings. The molecule has 0 aliphatic carbocycles. The summed E-state index contributed by atoms with van der Waals surface area (Å²) in [5.41, 5.74) is 2.35. The standard InChI is InChI=1S/C23H24N4O4S/c1-27(2)32(30,31)21-13-11-17(12-14-21)16-24-23(29)26-20-10-6-9-19(15-20)25-22(28)18-7-4-3-5-8-18/h3-15H,16H2,1-2H3,(H,25,28)(H2,24,26,29). The highest BCUT2D eigenvalue weighted by Crippen LogP contribution is 2.17. The van der Waals surface area contributed by atoms with Crippen LogP contribution in [-0.2, 0) is 16.6 Å². The fourth-order valence-corrected chi connectivity index (χ4v) is 3.72. The number of anilines is 2. The van der Waals surface area contributed by atoms with Crippen molar-refractivity contribution in [3.63, 3.8) is 0 Å². The van der Waals surface area contributed by atoms with Crippen LogP contribution in [0.4, 0.5) is 16.2 Å². The maximum absolute atomic E-state index is 12.3. The van der Waals surface area contributed by atoms with E-state index in [1.54, 1.807) is 60.7 Å². The predicted octanol–water partition coefficient (Wildman–Crippen LogP) is 3.51. The molecule has 0 unspecified atom stereocenters. The zero-order valence-corrected chi connectivity index (χ0v) is 18.5. The van der Waals surface area contributed by atoms with E-state index in [1.165, 1.54) is 26.2 Å². The Morgan fingerprint density at radius 2 is 1.44 bits per heavy atom. The molecule has 0 aliphatic heterocycles. The lowest BCUT2D eigenvalue weighted by molar-refractivity contribution is 0.102. The zero-order valence-electron chi connectivity index (χ0n) is 17.7. The Bertz CT molecular complexity index is 1190. The van der Waals surface area contributed by atoms with E-state index in [2.05, 4.69) is 16.0 Å². The Morgan fingerprint density at radius 1 is 0.812 bits per heavy atom. The van der Waals surface area contributed by atoms with Gasteiger partial charge in [0, 0.05) is 37.6 Å². The van der Waals surface area contributed by atoms with Gasteiger partial charge in [0.15, 0.2) is 0 Å². The third-order valence-electron chi connectivity index (χ3n) is 4.57. The van der Waals surface area contributed by atoms with E-state index in [9.17, 15) is 18.0 Å². The molecule has 0 spiro atoms. The quantitative estimate of drug-likeness (QED) is 0.510. The van der Waals surface area contributed by atoms with Gasteiger partial charge in [-0.15, -0.1) is 0 Å². The maximum Gasteiger partial charge on any atom is 0.319 e. The van der Waals surface area contributed by atoms with Gasteiger partial charge in [-0.25, -0.2) is 17.5 Å². The number of amides is 3. The summed E-state index contributed by atoms with van der Waals surface area (Å²) in [6.45, 7) is 0.221. The van der Waals surface area contributed by atoms with Crippen molar-refractivity contribution in [1.82, 2.24) is 9.62 Å². The molecule has 0 fully saturated rings. The number of hydrogen-bond acceptors (Lipinski definition) is 4. The zero-order chi connectivity index (χ0) is 23.1. The van der Waals surface area contributed by atoms with Crippen LogP contribution in [0.5, 0.6) is 0 Å². The van der Waals surface area contributed by atoms with Gasteiger partial charge in [-0.05, 0) is 48.0 Å². The van der Waals surface area contributed by atoms with Crippen LogP contribution in [0.15, 0.2) is 83.8 Å². The van der Waals surface area contributed by atoms with Crippen LogP contribution in [0.2, 0.25) is 0 Å². The highest BCUT2D eigenvalue weighted by molar-refractivity contribution is 7.89. The van der Waals surface area contributed by atoms with E-state index in [4.69, 9.17) is 0 Å². The van der Waals surface area contributed by atoms with Crippen LogP contribution in [0.1, 0.15) is 15.9 Å². The summed E-state index contributed by atoms with van der Waals surface area (Å²) in [4.78, 5) is 24.7. The lowest BCUT2D eigenvalue weighted by Gasteiger charge is -2.12. The number of rotatable bonds is 7. The SMILES string of the molecule is CN(C)S(=O)(=O)c1ccc(CNC(=O)Nc2cccc(NC(=O)c3ccccc3)c2)cc1. The minimum absolute atomic E-state index is 0.185. The fraction of sp³-hybridized carbons (Fsp3) is 0.130. The van der Waals surface area contributed by atoms with E-state index in [-0.39, 0.29) is 17.3 Å². The van der Waals surface area contributed by atoms with Gasteiger partial charge >= 0.3 is 6.03 Å². The number of sulfonamides is 1. The Balaban J connectivity index is 1.55. The first-order valence-corrected chi connectivity index (χ1v) is 11.2. The second-order valence-corrected chi connectivity index (χ2v) is 9.29. The summed E-state index contributed by atoms with van der Waals surface area (Å²) >= 11 is 0. The van der Waals surface area contributed by atoms with Crippen molar-refractivity contribution < 1.29 is 18.0 Å². The van der Waals surface area contributed by atoms with Gasteiger partial charge in [0.05, 0.1) is 4.90 Å². The third-order valence-corrected chi connectivity index (χ3v) is 6.40. The summed E-state index contributed by atoms with van der Waals surface area (Å²) in [5, 5.41) is 8.22. The third kappa shape index (κ3) is 5.93. The number of nitrogens with zero attached hydrogens (tertiary/aromatic N) is 1. The van der Waals surface area contributed by atoms with Gasteiger partial charge in [0.25, 0.3) is 5.91 Å². The molecule has 0 bridgehead atoms. The average Bonchev–Trinajstić information content (AvgIpc) is 2.78. The number of carbonyl (C=O) groups is 2. The smallest absolute Gasteiger partial charge is 0.319 e. The van der Waals surface area contributed by atoms with Crippen LogP contribution >= 0.6 is 0 Å². The number of benzene rings is 3. The van der Waals surface area contributed by atoms with Crippen molar-refractivity contribution in [2.24, 2.45) is 0 Å². The number of hydrogen-bond donors (Lipinski definition) is 3. The van der Waals surface area contributed by atoms with Crippen LogP contribution in [0.25, 0.3) is 0 Å². The first-order valence-electron chi connectivity index (χ1n) is 9.78. The molecule has 0 saturated carbocycles. The number of urea groups is 1. The van der Waals surface area contributed by atoms with E-state index in [1.807, 2.05) is 6.07 Å². The second kappa shape index (κ2) is 10.1. The van der Waals surface area contributed by atoms with E-state index >= 15 is 0 Å². The predicted molar refractivity (Wildman–Crippen MR) is 124 cm³/mol. The molecule has 3 rings (SSSR count). The first kappa shape index (κ1) is 23.0. The monoisotopic (exact) mass is 452 g/mol. The topological polar surface area (TPSA) is 108 Å². The molecule has 0 radical (unpaired) electrons. The lowest BCUT2D eigenvalue weighted by atomic mass is 10.2. The fourth-order valence-electron chi connectivity index (χ4n) is 2.82. The molecular weight excluding hydrogens is 428 g/mol. The summed E-state index contributed by atoms with van der Waals surface area (Å²) in [5.74, 6) is -0.244. The minimum atomic E-state index is -3.49. The van der Waals surface area contributed by atoms with Crippen LogP contribution in [0, 0.1) is 0 Å². The molecule has 0 heterocycles. The van der Waals surface area contributed by atoms with E-state index in [0.717, 1.165) is 9.87 Å². The normalized spacial score (nSPS) is 11.1. The summed E-state index contributed by atoms with van der Waals surface area (Å²) < 4.78 is 25.4. The highest BCUT2D eigenvalue weighted by Gasteiger charge is 2.16. The molecule has 0 atom stereocenters. The second-order valence-electron chi connectivity index (χ2n) is 7.14. The molecule has 3 N–H and O–H groups in total. The van der Waals surface area contributed by atoms with Crippen LogP contribution in [0.3, 0.4) is 0 Å². The van der Waals surface area contributed by atoms with Gasteiger partial charge < -0.3 is 16.0 Å². The molecule has 0 saturated heterocycles. The molecule has 0 aliphatic rings. The molecule has 8 nitrogen and oxygen atoms in total. The Kier molecular flexibility index (Phi) is 7.24. The highest BCUT2D eigenvalue weighted by atomic mass is 32.2. The van der Waals surface area contributed by atoms with Crippen molar-refractivity contribution in [2.75, 3.05) is 24.7 Å². The maximum atomic E-state index is 12.3. The van der Waals surface area contributed by atoms with Gasteiger partial charge in [-0.2, -0.15) is 0 Å². The summed E-state index contributed by atoms with van der Waals surface area (Å²) in [6.07, 6.45) is 0. The lowest BCUT2D eigenvalue weighted by Crippen LogP contribution is -2.28. The van der Waals surface area contributed by atoms with Crippen molar-refractivity contribution in [1.29, 1.82) is 0 Å². The van der Waals surface area contributed by atoms with Gasteiger partial charge in [0.2, 0.25) is 10.0 Å². The van der Waals surface area contributed by atoms with Crippen LogP contribution in [-0.4, -0.2) is 38.8 Å². The molecule has 32 heavy (non-hydrogen) atoms. The molecule has 166 valence electrons. The number of nitrogens with one attached hydrogen (secondary N) is 3. The van der Waals surface area contributed by atoms with Crippen molar-refractivity contribution in [3.05, 3.63) is 90.0 Å². The largest absolute Gasteiger partial charge is 0.334 e. The van der Waals surface area contributed by atoms with Gasteiger partial charge in [-0.1, -0.05) is 36.4 Å². The molecule has 0 aromatic heterocycles. The van der Waals surface area contributed by atoms with Crippen molar-refractivity contribution in [2.45, 2.75) is 11.4 Å². The van der Waals surface area contributed by atoms with Gasteiger partial charge in [-0.3, -0.25) is 4.79 Å². The summed E-state index contributed by atoms with van der Waals surface area (Å²) in [7, 11) is -0.554. The summed E-state index contributed by atoms with van der Waals surface area (Å²) in [6, 6.07) is 21.5. The molecular formula is C23H24N4O4S. The first-order chi connectivity index (χ1) is 15.3. The minimum Gasteiger partial charge on any atom is -0.334 e. The van der Waals surface area contributed by atoms with Gasteiger partial charge in [0.1, 0.15) is 0 Å². The van der Waals surface area contributed by atoms with E-state index in [0.29, 0.717) is 16.9 Å². The number of carbonyl (C=O) groups excluding carboxylic acids is 2. The Morgan fingerprint density at radius 3 is 2.06 bits per heavy atom. The van der Waals surface area contributed by atoms with E-state index < -0.39 is 16.1 Å².